The van der Waals surface area contributed by atoms with Crippen molar-refractivity contribution < 1.29 is 13.2 Å². The van der Waals surface area contributed by atoms with E-state index in [9.17, 15) is 13.2 Å². The second-order valence-electron chi connectivity index (χ2n) is 8.59. The van der Waals surface area contributed by atoms with Crippen molar-refractivity contribution in [2.45, 2.75) is 26.2 Å². The van der Waals surface area contributed by atoms with Gasteiger partial charge in [-0.05, 0) is 55.4 Å². The highest BCUT2D eigenvalue weighted by atomic mass is 19.4. The van der Waals surface area contributed by atoms with Gasteiger partial charge in [-0.25, -0.2) is 9.97 Å². The Morgan fingerprint density at radius 1 is 0.941 bits per heavy atom. The number of nitrogen functional groups attached to an aromatic ring is 1. The van der Waals surface area contributed by atoms with Gasteiger partial charge in [-0.1, -0.05) is 24.3 Å². The number of fused-ring (bicyclic) bond motifs is 2. The Balaban J connectivity index is 1.39. The number of pyridine rings is 1. The fraction of sp³-hybridized carbons (Fsp3) is 0.200. The Kier molecular flexibility index (Phi) is 5.28. The van der Waals surface area contributed by atoms with E-state index in [2.05, 4.69) is 32.1 Å². The number of alkyl halides is 3. The number of rotatable bonds is 5. The minimum atomic E-state index is -4.34. The molecule has 0 aliphatic carbocycles. The van der Waals surface area contributed by atoms with E-state index in [1.807, 2.05) is 37.1 Å². The third-order valence-electron chi connectivity index (χ3n) is 5.73. The van der Waals surface area contributed by atoms with Crippen molar-refractivity contribution in [2.24, 2.45) is 0 Å². The summed E-state index contributed by atoms with van der Waals surface area (Å²) in [5.41, 5.74) is 11.2. The van der Waals surface area contributed by atoms with E-state index in [0.29, 0.717) is 30.1 Å². The smallest absolute Gasteiger partial charge is 0.384 e. The number of hydrogen-bond donors (Lipinski definition) is 3. The molecule has 2 aromatic carbocycles. The zero-order valence-corrected chi connectivity index (χ0v) is 18.7. The first-order chi connectivity index (χ1) is 16.2. The molecule has 0 radical (unpaired) electrons. The number of aryl methyl sites for hydroxylation is 1. The van der Waals surface area contributed by atoms with Crippen molar-refractivity contribution >= 4 is 27.9 Å². The average molecular weight is 464 g/mol. The number of aromatic amines is 2. The molecule has 34 heavy (non-hydrogen) atoms. The van der Waals surface area contributed by atoms with Crippen molar-refractivity contribution in [1.29, 1.82) is 0 Å². The molecule has 0 saturated heterocycles. The van der Waals surface area contributed by atoms with Crippen molar-refractivity contribution in [2.75, 3.05) is 12.8 Å². The van der Waals surface area contributed by atoms with Crippen molar-refractivity contribution in [3.8, 4) is 11.3 Å². The van der Waals surface area contributed by atoms with E-state index in [-0.39, 0.29) is 0 Å². The van der Waals surface area contributed by atoms with E-state index in [1.165, 1.54) is 12.1 Å². The molecule has 4 N–H and O–H groups in total. The van der Waals surface area contributed by atoms with E-state index in [4.69, 9.17) is 5.73 Å². The molecule has 6 nitrogen and oxygen atoms in total. The number of nitrogens with two attached hydrogens (primary N) is 1. The average Bonchev–Trinajstić information content (AvgIpc) is 3.34. The van der Waals surface area contributed by atoms with Crippen LogP contribution in [0.1, 0.15) is 22.5 Å². The number of H-pyrrole nitrogens is 2. The van der Waals surface area contributed by atoms with Crippen LogP contribution in [0.4, 0.5) is 19.0 Å². The van der Waals surface area contributed by atoms with Crippen LogP contribution in [0.5, 0.6) is 0 Å². The number of halogens is 3. The number of anilines is 1. The first-order valence-corrected chi connectivity index (χ1v) is 10.8. The normalized spacial score (nSPS) is 12.3. The van der Waals surface area contributed by atoms with E-state index >= 15 is 0 Å². The van der Waals surface area contributed by atoms with Crippen LogP contribution in [0.15, 0.2) is 54.6 Å². The maximum absolute atomic E-state index is 13.0. The highest BCUT2D eigenvalue weighted by Crippen LogP contribution is 2.31. The van der Waals surface area contributed by atoms with Gasteiger partial charge in [-0.2, -0.15) is 13.2 Å². The van der Waals surface area contributed by atoms with Crippen LogP contribution in [0, 0.1) is 6.92 Å². The molecule has 0 aliphatic heterocycles. The maximum atomic E-state index is 13.0. The summed E-state index contributed by atoms with van der Waals surface area (Å²) in [6, 6.07) is 15.4. The lowest BCUT2D eigenvalue weighted by atomic mass is 10.1. The molecule has 3 heterocycles. The summed E-state index contributed by atoms with van der Waals surface area (Å²) in [6.07, 6.45) is -4.34. The van der Waals surface area contributed by atoms with Crippen LogP contribution >= 0.6 is 0 Å². The van der Waals surface area contributed by atoms with Gasteiger partial charge in [0, 0.05) is 35.2 Å². The third kappa shape index (κ3) is 4.34. The van der Waals surface area contributed by atoms with Crippen LogP contribution in [0.3, 0.4) is 0 Å². The zero-order chi connectivity index (χ0) is 24.0. The summed E-state index contributed by atoms with van der Waals surface area (Å²) in [5, 5.41) is 1.03. The molecule has 0 spiro atoms. The van der Waals surface area contributed by atoms with Gasteiger partial charge in [0.1, 0.15) is 11.6 Å². The van der Waals surface area contributed by atoms with Gasteiger partial charge in [0.05, 0.1) is 11.1 Å². The van der Waals surface area contributed by atoms with Gasteiger partial charge in [0.2, 0.25) is 0 Å². The molecule has 5 rings (SSSR count). The fourth-order valence-electron chi connectivity index (χ4n) is 4.29. The summed E-state index contributed by atoms with van der Waals surface area (Å²) in [5.74, 6) is 1.15. The maximum Gasteiger partial charge on any atom is 0.416 e. The van der Waals surface area contributed by atoms with Crippen molar-refractivity contribution in [3.63, 3.8) is 0 Å². The highest BCUT2D eigenvalue weighted by Gasteiger charge is 2.30. The largest absolute Gasteiger partial charge is 0.416 e. The van der Waals surface area contributed by atoms with Gasteiger partial charge in [-0.3, -0.25) is 4.90 Å². The van der Waals surface area contributed by atoms with E-state index in [1.54, 1.807) is 6.07 Å². The molecule has 5 aromatic rings. The Bertz CT molecular complexity index is 1500. The summed E-state index contributed by atoms with van der Waals surface area (Å²) in [4.78, 5) is 17.3. The molecule has 0 bridgehead atoms. The molecule has 0 saturated carbocycles. The summed E-state index contributed by atoms with van der Waals surface area (Å²) in [7, 11) is 1.89. The molecule has 0 atom stereocenters. The summed E-state index contributed by atoms with van der Waals surface area (Å²) >= 11 is 0. The predicted octanol–water partition coefficient (Wildman–Crippen LogP) is 5.65. The van der Waals surface area contributed by atoms with Crippen LogP contribution in [-0.4, -0.2) is 31.9 Å². The quantitative estimate of drug-likeness (QED) is 0.314. The molecule has 174 valence electrons. The lowest BCUT2D eigenvalue weighted by Crippen LogP contribution is -2.17. The van der Waals surface area contributed by atoms with Gasteiger partial charge in [-0.15, -0.1) is 0 Å². The molecular formula is C25H23F3N6. The third-order valence-corrected chi connectivity index (χ3v) is 5.73. The second-order valence-corrected chi connectivity index (χ2v) is 8.59. The minimum absolute atomic E-state index is 0.393. The Labute approximate surface area is 193 Å². The van der Waals surface area contributed by atoms with E-state index in [0.717, 1.165) is 45.1 Å². The van der Waals surface area contributed by atoms with E-state index < -0.39 is 11.7 Å². The highest BCUT2D eigenvalue weighted by molar-refractivity contribution is 5.95. The summed E-state index contributed by atoms with van der Waals surface area (Å²) in [6.45, 7) is 2.88. The number of aromatic nitrogens is 4. The number of hydrogen-bond acceptors (Lipinski definition) is 4. The molecular weight excluding hydrogens is 441 g/mol. The monoisotopic (exact) mass is 464 g/mol. The fourth-order valence-corrected chi connectivity index (χ4v) is 4.29. The lowest BCUT2D eigenvalue weighted by Gasteiger charge is -2.18. The molecule has 0 unspecified atom stereocenters. The zero-order valence-electron chi connectivity index (χ0n) is 18.7. The van der Waals surface area contributed by atoms with Gasteiger partial charge < -0.3 is 15.7 Å². The molecule has 0 fully saturated rings. The SMILES string of the molecule is Cc1nc2nc(N)cc(-c3cc4cc(CN(C)Cc5cccc(C(F)(F)F)c5)ccc4[nH]3)c2[nH]1. The minimum Gasteiger partial charge on any atom is -0.384 e. The Hall–Kier alpha value is -3.85. The number of benzene rings is 2. The Morgan fingerprint density at radius 3 is 2.47 bits per heavy atom. The number of nitrogens with one attached hydrogen (secondary N) is 2. The van der Waals surface area contributed by atoms with Crippen LogP contribution < -0.4 is 5.73 Å². The van der Waals surface area contributed by atoms with Gasteiger partial charge in [0.15, 0.2) is 5.65 Å². The molecule has 0 amide bonds. The standard InChI is InChI=1S/C25H23F3N6/c1-14-30-23-19(11-22(29)33-24(23)31-14)21-10-17-8-16(6-7-20(17)32-21)13-34(2)12-15-4-3-5-18(9-15)25(26,27)28/h3-11,32H,12-13H2,1-2H3,(H3,29,30,31,33). The Morgan fingerprint density at radius 2 is 1.71 bits per heavy atom. The first kappa shape index (κ1) is 22.0. The molecule has 9 heteroatoms. The number of imidazole rings is 1. The first-order valence-electron chi connectivity index (χ1n) is 10.8. The predicted molar refractivity (Wildman–Crippen MR) is 127 cm³/mol. The van der Waals surface area contributed by atoms with Crippen LogP contribution in [0.25, 0.3) is 33.3 Å². The molecule has 0 aliphatic rings. The van der Waals surface area contributed by atoms with Gasteiger partial charge in [0.25, 0.3) is 0 Å². The second kappa shape index (κ2) is 8.18. The van der Waals surface area contributed by atoms with Crippen LogP contribution in [-0.2, 0) is 19.3 Å². The van der Waals surface area contributed by atoms with Crippen LogP contribution in [0.2, 0.25) is 0 Å². The van der Waals surface area contributed by atoms with Crippen molar-refractivity contribution in [3.05, 3.63) is 77.1 Å². The topological polar surface area (TPSA) is 86.6 Å². The molecule has 3 aromatic heterocycles. The lowest BCUT2D eigenvalue weighted by molar-refractivity contribution is -0.137. The van der Waals surface area contributed by atoms with Crippen molar-refractivity contribution in [1.82, 2.24) is 24.8 Å². The van der Waals surface area contributed by atoms with Gasteiger partial charge >= 0.3 is 6.18 Å². The number of nitrogens with zero attached hydrogens (tertiary/aromatic N) is 3. The summed E-state index contributed by atoms with van der Waals surface area (Å²) < 4.78 is 39.0.